The number of nitrogen functional groups attached to an aromatic ring is 1. The van der Waals surface area contributed by atoms with Crippen LogP contribution in [0.25, 0.3) is 0 Å². The lowest BCUT2D eigenvalue weighted by molar-refractivity contribution is -0.679. The van der Waals surface area contributed by atoms with Crippen LogP contribution in [-0.2, 0) is 34.3 Å². The number of aromatic nitrogens is 3. The van der Waals surface area contributed by atoms with Crippen LogP contribution in [0.5, 0.6) is 5.75 Å². The van der Waals surface area contributed by atoms with Gasteiger partial charge in [-0.2, -0.15) is 4.73 Å². The second-order valence-corrected chi connectivity index (χ2v) is 13.8. The third-order valence-corrected chi connectivity index (χ3v) is 11.1. The van der Waals surface area contributed by atoms with Gasteiger partial charge in [0.15, 0.2) is 28.8 Å². The number of aromatic hydroxyl groups is 1. The average molecular weight is 687 g/mol. The number of thiazole rings is 1. The molecule has 1 aliphatic carbocycles. The molecule has 1 fully saturated rings. The third kappa shape index (κ3) is 5.67. The van der Waals surface area contributed by atoms with Crippen molar-refractivity contribution in [1.29, 1.82) is 0 Å². The molecule has 0 aromatic carbocycles. The lowest BCUT2D eigenvalue weighted by Crippen LogP contribution is -2.71. The number of hydrogen-bond acceptors (Lipinski definition) is 12. The minimum absolute atomic E-state index is 0.0327. The molecule has 3 amide bonds. The smallest absolute Gasteiger partial charge is 0.352 e. The van der Waals surface area contributed by atoms with Crippen LogP contribution in [0.3, 0.4) is 0 Å². The fourth-order valence-electron chi connectivity index (χ4n) is 5.68. The molecule has 18 heteroatoms. The lowest BCUT2D eigenvalue weighted by Gasteiger charge is -2.49. The van der Waals surface area contributed by atoms with E-state index in [9.17, 15) is 39.4 Å². The van der Waals surface area contributed by atoms with Gasteiger partial charge in [0.05, 0.1) is 11.9 Å². The lowest BCUT2D eigenvalue weighted by atomic mass is 10.0. The summed E-state index contributed by atoms with van der Waals surface area (Å²) in [7, 11) is 2.01. The summed E-state index contributed by atoms with van der Waals surface area (Å²) in [5.74, 6) is -3.86. The Morgan fingerprint density at radius 2 is 2.07 bits per heavy atom. The number of carbonyl (C=O) groups excluding carboxylic acids is 3. The quantitative estimate of drug-likeness (QED) is 0.0767. The van der Waals surface area contributed by atoms with Gasteiger partial charge in [0.25, 0.3) is 11.8 Å². The predicted molar refractivity (Wildman–Crippen MR) is 166 cm³/mol. The predicted octanol–water partition coefficient (Wildman–Crippen LogP) is 0.145. The first kappa shape index (κ1) is 31.4. The minimum atomic E-state index is -1.50. The number of hydrogen-bond donors (Lipinski definition) is 6. The highest BCUT2D eigenvalue weighted by atomic mass is 32.2. The summed E-state index contributed by atoms with van der Waals surface area (Å²) in [6.45, 7) is 0. The number of β-lactam (4-membered cyclic amide) rings is 1. The van der Waals surface area contributed by atoms with Gasteiger partial charge in [-0.25, -0.2) is 14.3 Å². The van der Waals surface area contributed by atoms with Crippen LogP contribution in [-0.4, -0.2) is 76.6 Å². The van der Waals surface area contributed by atoms with Crippen molar-refractivity contribution in [3.05, 3.63) is 74.0 Å². The van der Waals surface area contributed by atoms with Gasteiger partial charge in [0.2, 0.25) is 11.3 Å². The molecule has 3 atom stereocenters. The van der Waals surface area contributed by atoms with E-state index in [0.29, 0.717) is 29.3 Å². The SMILES string of the molecule is C[n+]1ccc(SCC2=C(C(=O)O)N3C(=O)[C@H](NC(=O)C(NC(=O)c4cc(=O)c(O)cn4O)c4csc(N)n4)[C@@H]3SC2)c2c1CCC2. The van der Waals surface area contributed by atoms with E-state index in [1.165, 1.54) is 33.3 Å². The van der Waals surface area contributed by atoms with Crippen LogP contribution in [0.4, 0.5) is 5.13 Å². The summed E-state index contributed by atoms with van der Waals surface area (Å²) < 4.78 is 2.34. The number of thioether (sulfide) groups is 2. The Bertz CT molecular complexity index is 1890. The Labute approximate surface area is 273 Å². The molecule has 0 spiro atoms. The number of nitrogens with zero attached hydrogens (tertiary/aromatic N) is 4. The fourth-order valence-corrected chi connectivity index (χ4v) is 8.86. The second-order valence-electron chi connectivity index (χ2n) is 10.8. The molecule has 2 aliphatic heterocycles. The molecule has 3 aliphatic rings. The van der Waals surface area contributed by atoms with Crippen molar-refractivity contribution in [1.82, 2.24) is 25.2 Å². The molecule has 0 saturated carbocycles. The minimum Gasteiger partial charge on any atom is -0.503 e. The van der Waals surface area contributed by atoms with Crippen molar-refractivity contribution in [2.24, 2.45) is 7.05 Å². The summed E-state index contributed by atoms with van der Waals surface area (Å²) in [6, 6.07) is 0.109. The first-order valence-electron chi connectivity index (χ1n) is 13.9. The number of carboxylic acid groups (broad SMARTS) is 1. The number of carboxylic acids is 1. The van der Waals surface area contributed by atoms with E-state index in [1.807, 2.05) is 19.3 Å². The molecule has 240 valence electrons. The van der Waals surface area contributed by atoms with Gasteiger partial charge in [-0.1, -0.05) is 0 Å². The topological polar surface area (TPSA) is 221 Å². The molecular weight excluding hydrogens is 659 g/mol. The molecule has 0 bridgehead atoms. The van der Waals surface area contributed by atoms with E-state index in [2.05, 4.69) is 20.2 Å². The van der Waals surface area contributed by atoms with E-state index in [1.54, 1.807) is 11.8 Å². The zero-order valence-corrected chi connectivity index (χ0v) is 26.6. The van der Waals surface area contributed by atoms with Crippen LogP contribution in [0.15, 0.2) is 50.9 Å². The van der Waals surface area contributed by atoms with Crippen LogP contribution < -0.4 is 26.4 Å². The standard InChI is InChI=1S/C28H27N7O8S3/c1-33-6-5-19(13-3-2-4-15(13)33)44-9-12-10-45-26-21(25(40)35(26)22(12)27(41)42)32-24(39)20(14-11-46-28(29)30-14)31-23(38)16-7-17(36)18(37)8-34(16)43/h5-8,11,20-21,26,43H,2-4,9-10H2,1H3,(H5-,29,30,31,32,37,38,39,41,42)/p+1/t20?,21-,26-/m0/s1. The number of pyridine rings is 2. The van der Waals surface area contributed by atoms with Crippen LogP contribution in [0, 0.1) is 0 Å². The molecule has 6 rings (SSSR count). The first-order chi connectivity index (χ1) is 21.9. The Morgan fingerprint density at radius 3 is 2.78 bits per heavy atom. The number of carbonyl (C=O) groups is 4. The number of rotatable bonds is 9. The van der Waals surface area contributed by atoms with Gasteiger partial charge in [-0.3, -0.25) is 24.1 Å². The van der Waals surface area contributed by atoms with E-state index < -0.39 is 58.0 Å². The zero-order valence-electron chi connectivity index (χ0n) is 24.1. The highest BCUT2D eigenvalue weighted by Crippen LogP contribution is 2.42. The Kier molecular flexibility index (Phi) is 8.43. The number of nitrogens with one attached hydrogen (secondary N) is 2. The second kappa shape index (κ2) is 12.3. The van der Waals surface area contributed by atoms with Gasteiger partial charge in [-0.05, 0) is 18.4 Å². The van der Waals surface area contributed by atoms with Crippen molar-refractivity contribution >= 4 is 63.7 Å². The monoisotopic (exact) mass is 686 g/mol. The summed E-state index contributed by atoms with van der Waals surface area (Å²) in [4.78, 5) is 70.5. The molecule has 3 aromatic rings. The van der Waals surface area contributed by atoms with Crippen LogP contribution >= 0.6 is 34.9 Å². The molecule has 1 unspecified atom stereocenters. The number of amides is 3. The van der Waals surface area contributed by atoms with E-state index >= 15 is 0 Å². The van der Waals surface area contributed by atoms with Crippen molar-refractivity contribution in [2.75, 3.05) is 17.2 Å². The maximum absolute atomic E-state index is 13.5. The Hall–Kier alpha value is -4.55. The molecule has 7 N–H and O–H groups in total. The van der Waals surface area contributed by atoms with E-state index in [4.69, 9.17) is 5.73 Å². The number of aliphatic carboxylic acids is 1. The van der Waals surface area contributed by atoms with Crippen LogP contribution in [0.2, 0.25) is 0 Å². The molecule has 1 saturated heterocycles. The van der Waals surface area contributed by atoms with Gasteiger partial charge < -0.3 is 31.8 Å². The van der Waals surface area contributed by atoms with E-state index in [0.717, 1.165) is 35.5 Å². The largest absolute Gasteiger partial charge is 0.503 e. The van der Waals surface area contributed by atoms with Crippen molar-refractivity contribution in [3.8, 4) is 5.75 Å². The molecule has 15 nitrogen and oxygen atoms in total. The maximum atomic E-state index is 13.5. The normalized spacial score (nSPS) is 19.2. The van der Waals surface area contributed by atoms with E-state index in [-0.39, 0.29) is 21.3 Å². The molecule has 5 heterocycles. The summed E-state index contributed by atoms with van der Waals surface area (Å²) in [5.41, 5.74) is 7.30. The third-order valence-electron chi connectivity index (χ3n) is 7.93. The number of aryl methyl sites for hydroxylation is 1. The fraction of sp³-hybridized carbons (Fsp3) is 0.321. The first-order valence-corrected chi connectivity index (χ1v) is 16.9. The number of nitrogens with two attached hydrogens (primary N) is 1. The molecule has 46 heavy (non-hydrogen) atoms. The molecular formula is C28H28N7O8S3+. The van der Waals surface area contributed by atoms with Crippen molar-refractivity contribution in [3.63, 3.8) is 0 Å². The van der Waals surface area contributed by atoms with Gasteiger partial charge in [0.1, 0.15) is 29.9 Å². The summed E-state index contributed by atoms with van der Waals surface area (Å²) in [6.07, 6.45) is 5.65. The molecule has 3 aromatic heterocycles. The van der Waals surface area contributed by atoms with Gasteiger partial charge in [0, 0.05) is 45.9 Å². The summed E-state index contributed by atoms with van der Waals surface area (Å²) >= 11 is 3.87. The van der Waals surface area contributed by atoms with Crippen molar-refractivity contribution in [2.45, 2.75) is 41.6 Å². The highest BCUT2D eigenvalue weighted by Gasteiger charge is 2.54. The van der Waals surface area contributed by atoms with Gasteiger partial charge >= 0.3 is 5.97 Å². The number of anilines is 1. The zero-order chi connectivity index (χ0) is 32.9. The van der Waals surface area contributed by atoms with Crippen LogP contribution in [0.1, 0.15) is 39.9 Å². The Morgan fingerprint density at radius 1 is 1.28 bits per heavy atom. The Balaban J connectivity index is 1.19. The maximum Gasteiger partial charge on any atom is 0.352 e. The number of fused-ring (bicyclic) bond motifs is 2. The molecule has 0 radical (unpaired) electrons. The summed E-state index contributed by atoms with van der Waals surface area (Å²) in [5, 5.41) is 35.4. The highest BCUT2D eigenvalue weighted by molar-refractivity contribution is 8.01. The van der Waals surface area contributed by atoms with Gasteiger partial charge in [-0.15, -0.1) is 34.9 Å². The van der Waals surface area contributed by atoms with Crippen molar-refractivity contribution < 1.29 is 39.2 Å². The average Bonchev–Trinajstić information content (AvgIpc) is 3.69.